The van der Waals surface area contributed by atoms with Crippen molar-refractivity contribution in [3.8, 4) is 0 Å². The van der Waals surface area contributed by atoms with Gasteiger partial charge in [-0.25, -0.2) is 4.79 Å². The number of carboxylic acids is 1. The van der Waals surface area contributed by atoms with Gasteiger partial charge in [0.15, 0.2) is 0 Å². The van der Waals surface area contributed by atoms with Crippen molar-refractivity contribution >= 4 is 11.9 Å². The molecule has 1 aliphatic heterocycles. The minimum absolute atomic E-state index is 0.139. The van der Waals surface area contributed by atoms with Gasteiger partial charge in [-0.05, 0) is 31.1 Å². The molecule has 4 atom stereocenters. The highest BCUT2D eigenvalue weighted by Crippen LogP contribution is 2.42. The summed E-state index contributed by atoms with van der Waals surface area (Å²) in [5.74, 6) is -0.574. The quantitative estimate of drug-likeness (QED) is 0.749. The molecule has 0 radical (unpaired) electrons. The first-order valence-electron chi connectivity index (χ1n) is 6.35. The van der Waals surface area contributed by atoms with Crippen molar-refractivity contribution in [1.29, 1.82) is 0 Å². The number of hydrogen-bond acceptors (Lipinski definition) is 3. The lowest BCUT2D eigenvalue weighted by atomic mass is 9.94. The number of carbonyl (C=O) groups excluding carboxylic acids is 1. The fraction of sp³-hybridized carbons (Fsp3) is 0.833. The third kappa shape index (κ3) is 2.04. The molecule has 0 aromatic heterocycles. The number of carbonyl (C=O) groups is 2. The summed E-state index contributed by atoms with van der Waals surface area (Å²) >= 11 is 0. The van der Waals surface area contributed by atoms with E-state index < -0.39 is 18.1 Å². The Balaban J connectivity index is 2.17. The van der Waals surface area contributed by atoms with Crippen LogP contribution in [0.15, 0.2) is 0 Å². The summed E-state index contributed by atoms with van der Waals surface area (Å²) in [5, 5.41) is 9.30. The van der Waals surface area contributed by atoms with Crippen LogP contribution in [0.5, 0.6) is 0 Å². The van der Waals surface area contributed by atoms with Crippen LogP contribution in [0.1, 0.15) is 32.6 Å². The molecule has 1 unspecified atom stereocenters. The number of likely N-dealkylation sites (tertiary alicyclic amines) is 1. The summed E-state index contributed by atoms with van der Waals surface area (Å²) in [4.78, 5) is 24.9. The topological polar surface area (TPSA) is 83.6 Å². The Labute approximate surface area is 101 Å². The van der Waals surface area contributed by atoms with Crippen LogP contribution in [-0.2, 0) is 9.59 Å². The molecule has 3 N–H and O–H groups in total. The number of nitrogens with two attached hydrogens (primary N) is 1. The molecule has 1 saturated heterocycles. The molecule has 0 spiro atoms. The Hall–Kier alpha value is -1.10. The van der Waals surface area contributed by atoms with Crippen LogP contribution >= 0.6 is 0 Å². The maximum absolute atomic E-state index is 12.1. The molecular weight excluding hydrogens is 220 g/mol. The Morgan fingerprint density at radius 1 is 1.47 bits per heavy atom. The predicted octanol–water partition coefficient (Wildman–Crippen LogP) is 0.435. The van der Waals surface area contributed by atoms with Crippen molar-refractivity contribution in [2.45, 2.75) is 44.7 Å². The lowest BCUT2D eigenvalue weighted by Crippen LogP contribution is -2.49. The summed E-state index contributed by atoms with van der Waals surface area (Å²) < 4.78 is 0. The molecule has 96 valence electrons. The summed E-state index contributed by atoms with van der Waals surface area (Å²) in [6.07, 6.45) is 3.60. The highest BCUT2D eigenvalue weighted by Gasteiger charge is 2.49. The van der Waals surface area contributed by atoms with E-state index in [9.17, 15) is 14.7 Å². The molecule has 2 aliphatic rings. The minimum atomic E-state index is -0.879. The largest absolute Gasteiger partial charge is 0.480 e. The van der Waals surface area contributed by atoms with Gasteiger partial charge < -0.3 is 15.7 Å². The number of amides is 1. The molecule has 17 heavy (non-hydrogen) atoms. The van der Waals surface area contributed by atoms with Crippen molar-refractivity contribution in [2.75, 3.05) is 6.54 Å². The van der Waals surface area contributed by atoms with E-state index in [-0.39, 0.29) is 11.8 Å². The number of fused-ring (bicyclic) bond motifs is 1. The number of nitrogens with zero attached hydrogens (tertiary/aromatic N) is 1. The minimum Gasteiger partial charge on any atom is -0.480 e. The molecule has 1 amide bonds. The van der Waals surface area contributed by atoms with Crippen molar-refractivity contribution in [3.05, 3.63) is 0 Å². The number of hydrogen-bond donors (Lipinski definition) is 2. The average Bonchev–Trinajstić information content (AvgIpc) is 2.85. The molecule has 2 fully saturated rings. The normalized spacial score (nSPS) is 33.5. The van der Waals surface area contributed by atoms with E-state index in [1.165, 1.54) is 4.90 Å². The second kappa shape index (κ2) is 4.64. The van der Waals surface area contributed by atoms with Crippen LogP contribution in [0.25, 0.3) is 0 Å². The number of rotatable bonds is 3. The maximum Gasteiger partial charge on any atom is 0.326 e. The lowest BCUT2D eigenvalue weighted by molar-refractivity contribution is -0.150. The van der Waals surface area contributed by atoms with Crippen LogP contribution in [0, 0.1) is 11.8 Å². The average molecular weight is 240 g/mol. The Kier molecular flexibility index (Phi) is 3.38. The van der Waals surface area contributed by atoms with E-state index in [1.807, 2.05) is 6.92 Å². The van der Waals surface area contributed by atoms with Gasteiger partial charge in [-0.2, -0.15) is 0 Å². The third-order valence-corrected chi connectivity index (χ3v) is 4.18. The second-order valence-electron chi connectivity index (χ2n) is 5.14. The first kappa shape index (κ1) is 12.4. The molecule has 1 saturated carbocycles. The standard InChI is InChI=1S/C12H20N2O3/c1-2-9(13)11(15)14-6-7-4-3-5-8(7)10(14)12(16)17/h7-10H,2-6,13H2,1H3,(H,16,17)/t7-,8-,9?,10-/m0/s1. The van der Waals surface area contributed by atoms with Gasteiger partial charge in [0.25, 0.3) is 0 Å². The number of carboxylic acid groups (broad SMARTS) is 1. The molecule has 5 heteroatoms. The second-order valence-corrected chi connectivity index (χ2v) is 5.14. The first-order valence-corrected chi connectivity index (χ1v) is 6.35. The molecule has 0 aromatic rings. The Morgan fingerprint density at radius 3 is 2.76 bits per heavy atom. The molecule has 0 bridgehead atoms. The van der Waals surface area contributed by atoms with Gasteiger partial charge >= 0.3 is 5.97 Å². The van der Waals surface area contributed by atoms with Crippen LogP contribution in [-0.4, -0.2) is 40.5 Å². The van der Waals surface area contributed by atoms with Gasteiger partial charge in [-0.1, -0.05) is 13.3 Å². The van der Waals surface area contributed by atoms with E-state index in [0.29, 0.717) is 18.9 Å². The van der Waals surface area contributed by atoms with E-state index in [4.69, 9.17) is 5.73 Å². The van der Waals surface area contributed by atoms with Crippen LogP contribution in [0.2, 0.25) is 0 Å². The van der Waals surface area contributed by atoms with E-state index in [1.54, 1.807) is 0 Å². The highest BCUT2D eigenvalue weighted by atomic mass is 16.4. The Morgan fingerprint density at radius 2 is 2.18 bits per heavy atom. The van der Waals surface area contributed by atoms with Crippen LogP contribution in [0.3, 0.4) is 0 Å². The van der Waals surface area contributed by atoms with Crippen LogP contribution < -0.4 is 5.73 Å². The lowest BCUT2D eigenvalue weighted by Gasteiger charge is -2.26. The fourth-order valence-electron chi connectivity index (χ4n) is 3.24. The predicted molar refractivity (Wildman–Crippen MR) is 62.2 cm³/mol. The van der Waals surface area contributed by atoms with Crippen molar-refractivity contribution in [3.63, 3.8) is 0 Å². The summed E-state index contributed by atoms with van der Waals surface area (Å²) in [6.45, 7) is 2.42. The third-order valence-electron chi connectivity index (χ3n) is 4.18. The smallest absolute Gasteiger partial charge is 0.326 e. The van der Waals surface area contributed by atoms with Gasteiger partial charge in [-0.15, -0.1) is 0 Å². The summed E-state index contributed by atoms with van der Waals surface area (Å²) in [5.41, 5.74) is 5.72. The monoisotopic (exact) mass is 240 g/mol. The van der Waals surface area contributed by atoms with Gasteiger partial charge in [0.05, 0.1) is 6.04 Å². The van der Waals surface area contributed by atoms with Gasteiger partial charge in [0, 0.05) is 6.54 Å². The van der Waals surface area contributed by atoms with Gasteiger partial charge in [0.1, 0.15) is 6.04 Å². The Bertz CT molecular complexity index is 332. The first-order chi connectivity index (χ1) is 8.06. The van der Waals surface area contributed by atoms with E-state index in [2.05, 4.69) is 0 Å². The zero-order valence-corrected chi connectivity index (χ0v) is 10.1. The van der Waals surface area contributed by atoms with Gasteiger partial charge in [0.2, 0.25) is 5.91 Å². The maximum atomic E-state index is 12.1. The van der Waals surface area contributed by atoms with Crippen molar-refractivity contribution < 1.29 is 14.7 Å². The van der Waals surface area contributed by atoms with Crippen molar-refractivity contribution in [2.24, 2.45) is 17.6 Å². The molecule has 2 rings (SSSR count). The molecule has 1 aliphatic carbocycles. The zero-order valence-electron chi connectivity index (χ0n) is 10.1. The highest BCUT2D eigenvalue weighted by molar-refractivity contribution is 5.87. The fourth-order valence-corrected chi connectivity index (χ4v) is 3.24. The summed E-state index contributed by atoms with van der Waals surface area (Å²) in [7, 11) is 0. The van der Waals surface area contributed by atoms with Gasteiger partial charge in [-0.3, -0.25) is 4.79 Å². The molecular formula is C12H20N2O3. The molecule has 5 nitrogen and oxygen atoms in total. The molecule has 0 aromatic carbocycles. The SMILES string of the molecule is CCC(N)C(=O)N1C[C@@H]2CCC[C@@H]2[C@H]1C(=O)O. The zero-order chi connectivity index (χ0) is 12.6. The number of aliphatic carboxylic acids is 1. The molecule has 1 heterocycles. The summed E-state index contributed by atoms with van der Waals surface area (Å²) in [6, 6.07) is -1.21. The van der Waals surface area contributed by atoms with E-state index in [0.717, 1.165) is 19.3 Å². The van der Waals surface area contributed by atoms with Crippen LogP contribution in [0.4, 0.5) is 0 Å². The van der Waals surface area contributed by atoms with Crippen molar-refractivity contribution in [1.82, 2.24) is 4.90 Å². The van der Waals surface area contributed by atoms with E-state index >= 15 is 0 Å².